The van der Waals surface area contributed by atoms with Gasteiger partial charge in [0.15, 0.2) is 0 Å². The Balaban J connectivity index is 2.13. The van der Waals surface area contributed by atoms with Gasteiger partial charge in [-0.1, -0.05) is 0 Å². The van der Waals surface area contributed by atoms with Crippen molar-refractivity contribution in [3.05, 3.63) is 0 Å². The lowest BCUT2D eigenvalue weighted by Crippen LogP contribution is -2.25. The summed E-state index contributed by atoms with van der Waals surface area (Å²) >= 11 is -2.13. The third-order valence-corrected chi connectivity index (χ3v) is 6.29. The van der Waals surface area contributed by atoms with Gasteiger partial charge >= 0.3 is 0 Å². The Labute approximate surface area is 70.3 Å². The molecule has 0 aromatic rings. The lowest BCUT2D eigenvalue weighted by Gasteiger charge is -2.16. The molecule has 0 N–H and O–H groups in total. The van der Waals surface area contributed by atoms with Crippen LogP contribution in [0.15, 0.2) is 0 Å². The van der Waals surface area contributed by atoms with Gasteiger partial charge in [0.2, 0.25) is 0 Å². The van der Waals surface area contributed by atoms with Crippen LogP contribution in [-0.4, -0.2) is 22.3 Å². The maximum Gasteiger partial charge on any atom is 0.108 e. The van der Waals surface area contributed by atoms with E-state index in [0.29, 0.717) is 12.8 Å². The first kappa shape index (κ1) is 7.89. The van der Waals surface area contributed by atoms with E-state index in [1.165, 1.54) is 0 Å². The Morgan fingerprint density at radius 2 is 1.82 bits per heavy atom. The molecule has 3 nitrogen and oxygen atoms in total. The lowest BCUT2D eigenvalue weighted by molar-refractivity contribution is 0.531. The SMILES string of the molecule is O=S([O-])C1(S(=O)C2CC2)CC1. The van der Waals surface area contributed by atoms with Crippen LogP contribution in [0.5, 0.6) is 0 Å². The summed E-state index contributed by atoms with van der Waals surface area (Å²) in [5.74, 6) is 0. The molecule has 2 unspecified atom stereocenters. The Kier molecular flexibility index (Phi) is 1.70. The molecule has 0 spiro atoms. The minimum atomic E-state index is -2.13. The van der Waals surface area contributed by atoms with E-state index in [1.54, 1.807) is 0 Å². The summed E-state index contributed by atoms with van der Waals surface area (Å²) in [6.07, 6.45) is 3.11. The standard InChI is InChI=1S/C6H10O3S2/c7-10(5-1-2-5)6(3-4-6)11(8)9/h5H,1-4H2,(H,8,9)/p-1. The van der Waals surface area contributed by atoms with E-state index in [0.717, 1.165) is 12.8 Å². The van der Waals surface area contributed by atoms with Crippen molar-refractivity contribution < 1.29 is 13.0 Å². The Hall–Kier alpha value is 0.260. The van der Waals surface area contributed by atoms with Gasteiger partial charge in [0.1, 0.15) is 4.08 Å². The molecule has 5 heteroatoms. The predicted octanol–water partition coefficient (Wildman–Crippen LogP) is 0.267. The van der Waals surface area contributed by atoms with Crippen molar-refractivity contribution in [3.8, 4) is 0 Å². The van der Waals surface area contributed by atoms with Crippen LogP contribution in [0.1, 0.15) is 25.7 Å². The van der Waals surface area contributed by atoms with Crippen molar-refractivity contribution in [1.82, 2.24) is 0 Å². The van der Waals surface area contributed by atoms with E-state index >= 15 is 0 Å². The van der Waals surface area contributed by atoms with Crippen molar-refractivity contribution in [1.29, 1.82) is 0 Å². The van der Waals surface area contributed by atoms with Crippen LogP contribution in [0.2, 0.25) is 0 Å². The average molecular weight is 193 g/mol. The third kappa shape index (κ3) is 1.19. The van der Waals surface area contributed by atoms with Gasteiger partial charge in [0.25, 0.3) is 0 Å². The third-order valence-electron chi connectivity index (χ3n) is 2.16. The minimum absolute atomic E-state index is 0.190. The number of hydrogen-bond acceptors (Lipinski definition) is 3. The molecule has 0 heterocycles. The second-order valence-electron chi connectivity index (χ2n) is 3.14. The van der Waals surface area contributed by atoms with Gasteiger partial charge in [-0.15, -0.1) is 0 Å². The Bertz CT molecular complexity index is 230. The van der Waals surface area contributed by atoms with Crippen LogP contribution in [-0.2, 0) is 21.9 Å². The smallest absolute Gasteiger partial charge is 0.108 e. The largest absolute Gasteiger partial charge is 0.771 e. The Morgan fingerprint density at radius 3 is 2.09 bits per heavy atom. The highest BCUT2D eigenvalue weighted by Gasteiger charge is 2.54. The maximum absolute atomic E-state index is 11.4. The molecule has 2 fully saturated rings. The molecule has 0 radical (unpaired) electrons. The van der Waals surface area contributed by atoms with Gasteiger partial charge < -0.3 is 4.55 Å². The zero-order valence-corrected chi connectivity index (χ0v) is 7.58. The molecule has 0 amide bonds. The van der Waals surface area contributed by atoms with Gasteiger partial charge in [-0.05, 0) is 36.8 Å². The quantitative estimate of drug-likeness (QED) is 0.604. The van der Waals surface area contributed by atoms with Gasteiger partial charge in [-0.3, -0.25) is 8.42 Å². The van der Waals surface area contributed by atoms with Gasteiger partial charge in [-0.2, -0.15) is 0 Å². The molecular formula is C6H9O3S2-. The average Bonchev–Trinajstić information content (AvgIpc) is 2.84. The van der Waals surface area contributed by atoms with Crippen molar-refractivity contribution in [3.63, 3.8) is 0 Å². The molecule has 2 atom stereocenters. The minimum Gasteiger partial charge on any atom is -0.771 e. The van der Waals surface area contributed by atoms with Crippen LogP contribution < -0.4 is 0 Å². The summed E-state index contributed by atoms with van der Waals surface area (Å²) in [6.45, 7) is 0. The predicted molar refractivity (Wildman–Crippen MR) is 42.0 cm³/mol. The molecule has 0 bridgehead atoms. The van der Waals surface area contributed by atoms with E-state index in [2.05, 4.69) is 0 Å². The summed E-state index contributed by atoms with van der Waals surface area (Å²) < 4.78 is 32.0. The molecule has 11 heavy (non-hydrogen) atoms. The lowest BCUT2D eigenvalue weighted by atomic mass is 10.9. The maximum atomic E-state index is 11.4. The molecule has 0 aromatic heterocycles. The summed E-state index contributed by atoms with van der Waals surface area (Å²) in [6, 6.07) is 0. The summed E-state index contributed by atoms with van der Waals surface area (Å²) in [5, 5.41) is 0.190. The van der Waals surface area contributed by atoms with E-state index in [-0.39, 0.29) is 5.25 Å². The summed E-state index contributed by atoms with van der Waals surface area (Å²) in [7, 11) is -1.10. The van der Waals surface area contributed by atoms with E-state index in [4.69, 9.17) is 0 Å². The van der Waals surface area contributed by atoms with Gasteiger partial charge in [-0.25, -0.2) is 0 Å². The fraction of sp³-hybridized carbons (Fsp3) is 1.00. The van der Waals surface area contributed by atoms with Gasteiger partial charge in [0.05, 0.1) is 0 Å². The molecule has 2 aliphatic carbocycles. The van der Waals surface area contributed by atoms with Crippen LogP contribution in [0.3, 0.4) is 0 Å². The Morgan fingerprint density at radius 1 is 1.27 bits per heavy atom. The first-order valence-electron chi connectivity index (χ1n) is 3.67. The summed E-state index contributed by atoms with van der Waals surface area (Å²) in [4.78, 5) is 0. The molecule has 0 aliphatic heterocycles. The van der Waals surface area contributed by atoms with Crippen molar-refractivity contribution >= 4 is 21.9 Å². The van der Waals surface area contributed by atoms with Crippen LogP contribution in [0.25, 0.3) is 0 Å². The topological polar surface area (TPSA) is 57.2 Å². The second-order valence-corrected chi connectivity index (χ2v) is 6.69. The van der Waals surface area contributed by atoms with Crippen molar-refractivity contribution in [2.75, 3.05) is 0 Å². The fourth-order valence-corrected chi connectivity index (χ4v) is 4.18. The number of rotatable bonds is 3. The highest BCUT2D eigenvalue weighted by molar-refractivity contribution is 8.02. The first-order chi connectivity index (χ1) is 5.17. The van der Waals surface area contributed by atoms with Gasteiger partial charge in [0, 0.05) is 16.0 Å². The first-order valence-corrected chi connectivity index (χ1v) is 5.96. The molecular weight excluding hydrogens is 184 g/mol. The molecule has 2 saturated carbocycles. The monoisotopic (exact) mass is 193 g/mol. The zero-order chi connectivity index (χ0) is 8.06. The van der Waals surface area contributed by atoms with Crippen LogP contribution in [0, 0.1) is 0 Å². The molecule has 0 saturated heterocycles. The fourth-order valence-electron chi connectivity index (χ4n) is 1.12. The molecule has 64 valence electrons. The molecule has 2 aliphatic rings. The van der Waals surface area contributed by atoms with Crippen molar-refractivity contribution in [2.45, 2.75) is 35.0 Å². The number of hydrogen-bond donors (Lipinski definition) is 0. The van der Waals surface area contributed by atoms with Crippen LogP contribution in [0.4, 0.5) is 0 Å². The summed E-state index contributed by atoms with van der Waals surface area (Å²) in [5.41, 5.74) is 0. The second kappa shape index (κ2) is 2.37. The highest BCUT2D eigenvalue weighted by Crippen LogP contribution is 2.49. The zero-order valence-electron chi connectivity index (χ0n) is 5.95. The van der Waals surface area contributed by atoms with E-state index in [1.807, 2.05) is 0 Å². The van der Waals surface area contributed by atoms with E-state index in [9.17, 15) is 13.0 Å². The van der Waals surface area contributed by atoms with E-state index < -0.39 is 26.0 Å². The molecule has 0 aromatic carbocycles. The van der Waals surface area contributed by atoms with Crippen molar-refractivity contribution in [2.24, 2.45) is 0 Å². The van der Waals surface area contributed by atoms with Crippen LogP contribution >= 0.6 is 0 Å². The molecule has 2 rings (SSSR count). The highest BCUT2D eigenvalue weighted by atomic mass is 32.3. The normalized spacial score (nSPS) is 32.8.